The van der Waals surface area contributed by atoms with Gasteiger partial charge in [-0.05, 0) is 19.4 Å². The van der Waals surface area contributed by atoms with Gasteiger partial charge in [-0.3, -0.25) is 9.59 Å². The Kier molecular flexibility index (Phi) is 8.68. The number of aryl methyl sites for hydroxylation is 1. The van der Waals surface area contributed by atoms with Gasteiger partial charge in [0.25, 0.3) is 5.91 Å². The van der Waals surface area contributed by atoms with E-state index in [1.165, 1.54) is 0 Å². The third-order valence-corrected chi connectivity index (χ3v) is 4.39. The van der Waals surface area contributed by atoms with Crippen molar-refractivity contribution < 1.29 is 19.4 Å². The molecule has 2 aromatic rings. The minimum absolute atomic E-state index is 0.0299. The SMILES string of the molecule is CCCCCCn1cc(C(=O)Nc2ccccc2CO)nc1CC(=O)OCC. The summed E-state index contributed by atoms with van der Waals surface area (Å²) in [5, 5.41) is 12.2. The molecule has 0 aliphatic rings. The standard InChI is InChI=1S/C21H29N3O4/c1-3-5-6-9-12-24-14-18(22-19(24)13-20(26)28-4-2)21(27)23-17-11-8-7-10-16(17)15-25/h7-8,10-11,14,25H,3-6,9,12-13,15H2,1-2H3,(H,23,27). The van der Waals surface area contributed by atoms with Gasteiger partial charge in [-0.1, -0.05) is 44.4 Å². The lowest BCUT2D eigenvalue weighted by molar-refractivity contribution is -0.142. The van der Waals surface area contributed by atoms with Gasteiger partial charge in [-0.15, -0.1) is 0 Å². The summed E-state index contributed by atoms with van der Waals surface area (Å²) in [7, 11) is 0. The maximum absolute atomic E-state index is 12.7. The smallest absolute Gasteiger partial charge is 0.313 e. The van der Waals surface area contributed by atoms with Crippen molar-refractivity contribution in [2.45, 2.75) is 59.1 Å². The number of unbranched alkanes of at least 4 members (excludes halogenated alkanes) is 3. The largest absolute Gasteiger partial charge is 0.466 e. The van der Waals surface area contributed by atoms with Crippen molar-refractivity contribution in [3.05, 3.63) is 47.5 Å². The number of anilines is 1. The van der Waals surface area contributed by atoms with Crippen LogP contribution in [0.25, 0.3) is 0 Å². The molecule has 1 heterocycles. The molecule has 0 atom stereocenters. The summed E-state index contributed by atoms with van der Waals surface area (Å²) in [5.74, 6) is -0.214. The van der Waals surface area contributed by atoms with Crippen LogP contribution >= 0.6 is 0 Å². The number of esters is 1. The molecular weight excluding hydrogens is 358 g/mol. The molecule has 0 saturated heterocycles. The van der Waals surface area contributed by atoms with Gasteiger partial charge in [0.2, 0.25) is 0 Å². The van der Waals surface area contributed by atoms with Crippen molar-refractivity contribution in [3.63, 3.8) is 0 Å². The van der Waals surface area contributed by atoms with Crippen LogP contribution < -0.4 is 5.32 Å². The number of aliphatic hydroxyl groups is 1. The lowest BCUT2D eigenvalue weighted by atomic mass is 10.2. The van der Waals surface area contributed by atoms with Crippen molar-refractivity contribution in [2.75, 3.05) is 11.9 Å². The predicted molar refractivity (Wildman–Crippen MR) is 107 cm³/mol. The summed E-state index contributed by atoms with van der Waals surface area (Å²) >= 11 is 0. The Bertz CT molecular complexity index is 786. The highest BCUT2D eigenvalue weighted by Gasteiger charge is 2.18. The van der Waals surface area contributed by atoms with Crippen LogP contribution in [-0.2, 0) is 29.1 Å². The number of hydrogen-bond acceptors (Lipinski definition) is 5. The molecule has 0 bridgehead atoms. The third-order valence-electron chi connectivity index (χ3n) is 4.39. The molecule has 7 heteroatoms. The van der Waals surface area contributed by atoms with E-state index < -0.39 is 0 Å². The molecule has 152 valence electrons. The number of nitrogens with one attached hydrogen (secondary N) is 1. The van der Waals surface area contributed by atoms with E-state index in [0.29, 0.717) is 30.2 Å². The van der Waals surface area contributed by atoms with E-state index in [9.17, 15) is 14.7 Å². The monoisotopic (exact) mass is 387 g/mol. The van der Waals surface area contributed by atoms with Gasteiger partial charge in [0.15, 0.2) is 0 Å². The van der Waals surface area contributed by atoms with Gasteiger partial charge in [-0.25, -0.2) is 4.98 Å². The Morgan fingerprint density at radius 3 is 2.68 bits per heavy atom. The van der Waals surface area contributed by atoms with Gasteiger partial charge in [0.1, 0.15) is 17.9 Å². The number of aliphatic hydroxyl groups excluding tert-OH is 1. The molecule has 1 aromatic carbocycles. The van der Waals surface area contributed by atoms with Crippen molar-refractivity contribution in [1.29, 1.82) is 0 Å². The summed E-state index contributed by atoms with van der Waals surface area (Å²) in [6.07, 6.45) is 6.03. The van der Waals surface area contributed by atoms with E-state index in [4.69, 9.17) is 4.74 Å². The van der Waals surface area contributed by atoms with Crippen LogP contribution in [0.4, 0.5) is 5.69 Å². The number of carbonyl (C=O) groups excluding carboxylic acids is 2. The normalized spacial score (nSPS) is 10.7. The number of imidazole rings is 1. The summed E-state index contributed by atoms with van der Waals surface area (Å²) < 4.78 is 6.88. The molecular formula is C21H29N3O4. The second-order valence-corrected chi connectivity index (χ2v) is 6.55. The van der Waals surface area contributed by atoms with Crippen LogP contribution in [0.15, 0.2) is 30.5 Å². The van der Waals surface area contributed by atoms with Crippen molar-refractivity contribution in [2.24, 2.45) is 0 Å². The number of nitrogens with zero attached hydrogens (tertiary/aromatic N) is 2. The zero-order valence-corrected chi connectivity index (χ0v) is 16.6. The molecule has 0 fully saturated rings. The lowest BCUT2D eigenvalue weighted by Crippen LogP contribution is -2.14. The maximum atomic E-state index is 12.7. The number of benzene rings is 1. The molecule has 0 aliphatic heterocycles. The highest BCUT2D eigenvalue weighted by molar-refractivity contribution is 6.03. The summed E-state index contributed by atoms with van der Waals surface area (Å²) in [4.78, 5) is 28.9. The van der Waals surface area contributed by atoms with Crippen LogP contribution in [-0.4, -0.2) is 33.1 Å². The Morgan fingerprint density at radius 2 is 1.96 bits per heavy atom. The van der Waals surface area contributed by atoms with Crippen LogP contribution in [0.1, 0.15) is 61.4 Å². The quantitative estimate of drug-likeness (QED) is 0.456. The Balaban J connectivity index is 2.16. The highest BCUT2D eigenvalue weighted by atomic mass is 16.5. The zero-order chi connectivity index (χ0) is 20.4. The fraction of sp³-hybridized carbons (Fsp3) is 0.476. The first-order valence-corrected chi connectivity index (χ1v) is 9.80. The number of amides is 1. The molecule has 1 aromatic heterocycles. The van der Waals surface area contributed by atoms with Gasteiger partial charge < -0.3 is 19.7 Å². The Morgan fingerprint density at radius 1 is 1.18 bits per heavy atom. The van der Waals surface area contributed by atoms with E-state index in [2.05, 4.69) is 17.2 Å². The number of aromatic nitrogens is 2. The van der Waals surface area contributed by atoms with Gasteiger partial charge >= 0.3 is 5.97 Å². The highest BCUT2D eigenvalue weighted by Crippen LogP contribution is 2.17. The third kappa shape index (κ3) is 6.20. The molecule has 0 radical (unpaired) electrons. The second kappa shape index (κ2) is 11.2. The molecule has 2 rings (SSSR count). The number of ether oxygens (including phenoxy) is 1. The molecule has 0 aliphatic carbocycles. The van der Waals surface area contributed by atoms with Crippen LogP contribution in [0.2, 0.25) is 0 Å². The predicted octanol–water partition coefficient (Wildman–Crippen LogP) is 3.31. The fourth-order valence-corrected chi connectivity index (χ4v) is 2.91. The molecule has 7 nitrogen and oxygen atoms in total. The topological polar surface area (TPSA) is 93.5 Å². The minimum Gasteiger partial charge on any atom is -0.466 e. The van der Waals surface area contributed by atoms with Crippen molar-refractivity contribution in [3.8, 4) is 0 Å². The first-order valence-electron chi connectivity index (χ1n) is 9.80. The summed E-state index contributed by atoms with van der Waals surface area (Å²) in [5.41, 5.74) is 1.41. The number of rotatable bonds is 11. The number of hydrogen-bond donors (Lipinski definition) is 2. The average Bonchev–Trinajstić information content (AvgIpc) is 3.08. The zero-order valence-electron chi connectivity index (χ0n) is 16.6. The van der Waals surface area contributed by atoms with Crippen LogP contribution in [0.5, 0.6) is 0 Å². The van der Waals surface area contributed by atoms with Gasteiger partial charge in [-0.2, -0.15) is 0 Å². The van der Waals surface area contributed by atoms with E-state index in [1.807, 2.05) is 4.57 Å². The number of para-hydroxylation sites is 1. The fourth-order valence-electron chi connectivity index (χ4n) is 2.91. The maximum Gasteiger partial charge on any atom is 0.313 e. The van der Waals surface area contributed by atoms with E-state index in [1.54, 1.807) is 37.4 Å². The Hall–Kier alpha value is -2.67. The summed E-state index contributed by atoms with van der Waals surface area (Å²) in [6.45, 7) is 4.74. The summed E-state index contributed by atoms with van der Waals surface area (Å²) in [6, 6.07) is 7.05. The van der Waals surface area contributed by atoms with Gasteiger partial charge in [0.05, 0.1) is 13.2 Å². The van der Waals surface area contributed by atoms with Crippen molar-refractivity contribution in [1.82, 2.24) is 9.55 Å². The van der Waals surface area contributed by atoms with E-state index in [0.717, 1.165) is 25.7 Å². The van der Waals surface area contributed by atoms with Crippen LogP contribution in [0, 0.1) is 0 Å². The minimum atomic E-state index is -0.377. The average molecular weight is 387 g/mol. The molecule has 0 spiro atoms. The van der Waals surface area contributed by atoms with Crippen LogP contribution in [0.3, 0.4) is 0 Å². The number of carbonyl (C=O) groups is 2. The first-order chi connectivity index (χ1) is 13.6. The Labute approximate surface area is 165 Å². The lowest BCUT2D eigenvalue weighted by Gasteiger charge is -2.07. The second-order valence-electron chi connectivity index (χ2n) is 6.55. The molecule has 0 unspecified atom stereocenters. The van der Waals surface area contributed by atoms with Gasteiger partial charge in [0, 0.05) is 24.0 Å². The molecule has 1 amide bonds. The molecule has 0 saturated carbocycles. The van der Waals surface area contributed by atoms with E-state index >= 15 is 0 Å². The van der Waals surface area contributed by atoms with Crippen molar-refractivity contribution >= 4 is 17.6 Å². The molecule has 2 N–H and O–H groups in total. The van der Waals surface area contributed by atoms with E-state index in [-0.39, 0.29) is 30.6 Å². The molecule has 28 heavy (non-hydrogen) atoms. The first kappa shape index (κ1) is 21.6.